The Morgan fingerprint density at radius 1 is 0.833 bits per heavy atom. The first-order chi connectivity index (χ1) is 31.8. The van der Waals surface area contributed by atoms with Gasteiger partial charge in [-0.1, -0.05) is 68.5 Å². The van der Waals surface area contributed by atoms with E-state index in [9.17, 15) is 38.0 Å². The van der Waals surface area contributed by atoms with Gasteiger partial charge in [0.25, 0.3) is 0 Å². The van der Waals surface area contributed by atoms with E-state index in [2.05, 4.69) is 42.2 Å². The van der Waals surface area contributed by atoms with Crippen molar-refractivity contribution in [2.45, 2.75) is 133 Å². The Kier molecular flexibility index (Phi) is 17.5. The molecule has 0 radical (unpaired) electrons. The lowest BCUT2D eigenvalue weighted by atomic mass is 9.84. The molecule has 66 heavy (non-hydrogen) atoms. The van der Waals surface area contributed by atoms with Crippen LogP contribution >= 0.6 is 0 Å². The van der Waals surface area contributed by atoms with Gasteiger partial charge < -0.3 is 52.8 Å². The number of fused-ring (bicyclic) bond motifs is 2. The van der Waals surface area contributed by atoms with E-state index in [1.807, 2.05) is 24.3 Å². The van der Waals surface area contributed by atoms with Gasteiger partial charge in [-0.25, -0.2) is 4.39 Å². The maximum absolute atomic E-state index is 14.8. The van der Waals surface area contributed by atoms with E-state index in [0.29, 0.717) is 25.7 Å². The van der Waals surface area contributed by atoms with Crippen LogP contribution in [0, 0.1) is 17.1 Å². The second-order valence-electron chi connectivity index (χ2n) is 17.7. The van der Waals surface area contributed by atoms with Crippen LogP contribution in [0.25, 0.3) is 10.9 Å². The number of guanidine groups is 1. The Bertz CT molecular complexity index is 2230. The van der Waals surface area contributed by atoms with Crippen LogP contribution in [-0.4, -0.2) is 113 Å². The van der Waals surface area contributed by atoms with Gasteiger partial charge in [-0.15, -0.1) is 0 Å². The fourth-order valence-electron chi connectivity index (χ4n) is 9.34. The summed E-state index contributed by atoms with van der Waals surface area (Å²) in [5.74, 6) is -4.82. The van der Waals surface area contributed by atoms with E-state index < -0.39 is 83.4 Å². The second-order valence-corrected chi connectivity index (χ2v) is 17.7. The maximum Gasteiger partial charge on any atom is 0.245 e. The van der Waals surface area contributed by atoms with Crippen LogP contribution in [0.15, 0.2) is 54.7 Å². The van der Waals surface area contributed by atoms with Gasteiger partial charge in [0.1, 0.15) is 42.1 Å². The summed E-state index contributed by atoms with van der Waals surface area (Å²) in [5.41, 5.74) is 7.26. The number of carbonyl (C=O) groups is 7. The van der Waals surface area contributed by atoms with Crippen molar-refractivity contribution < 1.29 is 38.0 Å². The van der Waals surface area contributed by atoms with Crippen molar-refractivity contribution in [2.75, 3.05) is 19.6 Å². The Labute approximate surface area is 383 Å². The van der Waals surface area contributed by atoms with Crippen molar-refractivity contribution in [2.24, 2.45) is 11.7 Å². The average molecular weight is 914 g/mol. The smallest absolute Gasteiger partial charge is 0.245 e. The number of carbonyl (C=O) groups excluding carboxylic acids is 7. The van der Waals surface area contributed by atoms with Crippen LogP contribution in [0.3, 0.4) is 0 Å². The van der Waals surface area contributed by atoms with Crippen molar-refractivity contribution in [3.8, 4) is 0 Å². The number of amides is 7. The summed E-state index contributed by atoms with van der Waals surface area (Å²) in [6.45, 7) is 1.67. The summed E-state index contributed by atoms with van der Waals surface area (Å²) < 4.78 is 14.8. The third-order valence-electron chi connectivity index (χ3n) is 12.8. The fraction of sp³-hybridized carbons (Fsp3) is 0.532. The number of hydrogen-bond donors (Lipinski definition) is 10. The van der Waals surface area contributed by atoms with E-state index in [4.69, 9.17) is 11.1 Å². The summed E-state index contributed by atoms with van der Waals surface area (Å²) in [5, 5.41) is 28.1. The quantitative estimate of drug-likeness (QED) is 0.0678. The third kappa shape index (κ3) is 13.5. The first kappa shape index (κ1) is 48.9. The zero-order valence-corrected chi connectivity index (χ0v) is 37.5. The summed E-state index contributed by atoms with van der Waals surface area (Å²) >= 11 is 0. The molecule has 1 aliphatic carbocycles. The first-order valence-corrected chi connectivity index (χ1v) is 23.2. The van der Waals surface area contributed by atoms with Crippen molar-refractivity contribution in [3.05, 3.63) is 71.7 Å². The highest BCUT2D eigenvalue weighted by Crippen LogP contribution is 2.28. The van der Waals surface area contributed by atoms with E-state index in [1.54, 1.807) is 12.3 Å². The van der Waals surface area contributed by atoms with Gasteiger partial charge in [0.2, 0.25) is 41.4 Å². The maximum atomic E-state index is 14.8. The highest BCUT2D eigenvalue weighted by Gasteiger charge is 2.40. The Balaban J connectivity index is 1.31. The molecular weight excluding hydrogens is 850 g/mol. The number of H-pyrrole nitrogens is 1. The van der Waals surface area contributed by atoms with Crippen LogP contribution in [0.4, 0.5) is 4.39 Å². The van der Waals surface area contributed by atoms with Crippen molar-refractivity contribution in [3.63, 3.8) is 0 Å². The summed E-state index contributed by atoms with van der Waals surface area (Å²) in [7, 11) is 0. The minimum absolute atomic E-state index is 0.00114. The number of nitrogens with zero attached hydrogens (tertiary/aromatic N) is 1. The van der Waals surface area contributed by atoms with Crippen LogP contribution in [0.5, 0.6) is 0 Å². The molecule has 18 nitrogen and oxygen atoms in total. The Morgan fingerprint density at radius 3 is 2.30 bits per heavy atom. The lowest BCUT2D eigenvalue weighted by molar-refractivity contribution is -0.142. The molecule has 2 aromatic carbocycles. The number of para-hydroxylation sites is 1. The number of aromatic nitrogens is 1. The minimum atomic E-state index is -1.25. The molecular formula is C47H64FN11O7. The lowest BCUT2D eigenvalue weighted by Crippen LogP contribution is -2.60. The number of nitrogens with one attached hydrogen (secondary N) is 9. The highest BCUT2D eigenvalue weighted by molar-refractivity contribution is 5.98. The zero-order valence-electron chi connectivity index (χ0n) is 37.5. The molecule has 19 heteroatoms. The van der Waals surface area contributed by atoms with Gasteiger partial charge >= 0.3 is 0 Å². The van der Waals surface area contributed by atoms with Crippen molar-refractivity contribution in [1.29, 1.82) is 5.41 Å². The molecule has 3 fully saturated rings. The van der Waals surface area contributed by atoms with E-state index >= 15 is 0 Å². The van der Waals surface area contributed by atoms with Gasteiger partial charge in [0.15, 0.2) is 5.96 Å². The third-order valence-corrected chi connectivity index (χ3v) is 12.8. The van der Waals surface area contributed by atoms with Crippen molar-refractivity contribution >= 4 is 58.2 Å². The summed E-state index contributed by atoms with van der Waals surface area (Å²) in [4.78, 5) is 103. The predicted octanol–water partition coefficient (Wildman–Crippen LogP) is 1.67. The van der Waals surface area contributed by atoms with Crippen LogP contribution < -0.4 is 43.0 Å². The van der Waals surface area contributed by atoms with E-state index in [-0.39, 0.29) is 69.2 Å². The number of nitrogens with two attached hydrogens (primary N) is 1. The van der Waals surface area contributed by atoms with Gasteiger partial charge in [-0.2, -0.15) is 0 Å². The molecule has 3 aliphatic rings. The summed E-state index contributed by atoms with van der Waals surface area (Å²) in [6, 6.07) is 6.62. The zero-order chi connectivity index (χ0) is 47.2. The predicted molar refractivity (Wildman–Crippen MR) is 245 cm³/mol. The highest BCUT2D eigenvalue weighted by atomic mass is 19.1. The minimum Gasteiger partial charge on any atom is -0.370 e. The number of halogens is 1. The number of rotatable bonds is 13. The van der Waals surface area contributed by atoms with Gasteiger partial charge in [-0.3, -0.25) is 39.0 Å². The number of benzene rings is 2. The topological polar surface area (TPSA) is 273 Å². The molecule has 0 bridgehead atoms. The Hall–Kier alpha value is -6.53. The molecule has 1 saturated carbocycles. The molecule has 3 heterocycles. The number of hydrogen-bond acceptors (Lipinski definition) is 8. The average Bonchev–Trinajstić information content (AvgIpc) is 3.96. The van der Waals surface area contributed by atoms with Gasteiger partial charge in [-0.05, 0) is 74.1 Å². The molecule has 2 aliphatic heterocycles. The van der Waals surface area contributed by atoms with E-state index in [0.717, 1.165) is 48.6 Å². The molecule has 0 spiro atoms. The normalized spacial score (nSPS) is 23.3. The molecule has 11 N–H and O–H groups in total. The molecule has 3 aromatic rings. The van der Waals surface area contributed by atoms with Gasteiger partial charge in [0.05, 0.1) is 0 Å². The fourth-order valence-corrected chi connectivity index (χ4v) is 9.34. The van der Waals surface area contributed by atoms with Crippen LogP contribution in [0.1, 0.15) is 95.1 Å². The largest absolute Gasteiger partial charge is 0.370 e. The van der Waals surface area contributed by atoms with Gasteiger partial charge in [0, 0.05) is 56.5 Å². The number of aromatic amines is 1. The molecule has 6 rings (SSSR count). The summed E-state index contributed by atoms with van der Waals surface area (Å²) in [6.07, 6.45) is 8.08. The molecule has 1 aromatic heterocycles. The molecule has 7 amide bonds. The lowest BCUT2D eigenvalue weighted by Gasteiger charge is -2.32. The Morgan fingerprint density at radius 2 is 1.55 bits per heavy atom. The molecule has 356 valence electrons. The second kappa shape index (κ2) is 23.6. The molecule has 2 saturated heterocycles. The monoisotopic (exact) mass is 913 g/mol. The standard InChI is InChI=1S/C47H64FN11O7/c1-28(60)54-38(25-30-14-5-7-16-33(30)48)43(63)56-36-19-10-21-51-41(61)35(18-9-22-52-47(49)50)55-44(64)39(26-31-27-53-34-17-8-6-15-32(31)34)57-42(62)37(24-29-12-3-2-4-13-29)58-45(65)40-20-11-23-59(40)46(36)66/h5-8,14-17,27,29,35-40,53H,2-4,9-13,18-26H2,1H3,(H,51,61)(H,54,60)(H,55,64)(H,56,63)(H,57,62)(H,58,65)(H4,49,50,52)/t35-,36-,37+,38-,39-,40-/m0/s1. The van der Waals surface area contributed by atoms with Crippen LogP contribution in [0.2, 0.25) is 0 Å². The van der Waals surface area contributed by atoms with Crippen molar-refractivity contribution in [1.82, 2.24) is 47.1 Å². The SMILES string of the molecule is CC(=O)N[C@@H](Cc1ccccc1F)C(=O)N[C@H]1CCCNC(=O)[C@H](CCCNC(=N)N)NC(=O)[C@H](Cc2c[nH]c3ccccc23)NC(=O)[C@@H](CC2CCCCC2)NC(=O)[C@@H]2CCCN2C1=O. The van der Waals surface area contributed by atoms with Crippen LogP contribution in [-0.2, 0) is 46.4 Å². The molecule has 0 unspecified atom stereocenters. The molecule has 6 atom stereocenters. The van der Waals surface area contributed by atoms with E-state index in [1.165, 1.54) is 30.0 Å². The first-order valence-electron chi connectivity index (χ1n) is 23.2.